The van der Waals surface area contributed by atoms with Crippen LogP contribution < -0.4 is 19.7 Å². The van der Waals surface area contributed by atoms with Crippen LogP contribution in [-0.4, -0.2) is 32.2 Å². The standard InChI is InChI=1S/C25H31N3O3/c1-5-15-31-23-14-9-19(17-24(23)30-8-4)16-20(18-26)25(29)27-21-10-12-22(13-11-21)28(6-2)7-3/h9-14,16-17H,5-8,15H2,1-4H3,(H,27,29)/b20-16-. The molecule has 0 aliphatic carbocycles. The van der Waals surface area contributed by atoms with Gasteiger partial charge in [0, 0.05) is 24.5 Å². The van der Waals surface area contributed by atoms with Gasteiger partial charge in [-0.3, -0.25) is 4.79 Å². The lowest BCUT2D eigenvalue weighted by molar-refractivity contribution is -0.112. The Hall–Kier alpha value is -3.46. The van der Waals surface area contributed by atoms with Crippen LogP contribution in [-0.2, 0) is 4.79 Å². The van der Waals surface area contributed by atoms with E-state index in [1.54, 1.807) is 24.3 Å². The zero-order valence-corrected chi connectivity index (χ0v) is 18.8. The molecule has 0 fully saturated rings. The first-order valence-corrected chi connectivity index (χ1v) is 10.7. The summed E-state index contributed by atoms with van der Waals surface area (Å²) in [6, 6.07) is 15.0. The number of hydrogen-bond donors (Lipinski definition) is 1. The van der Waals surface area contributed by atoms with E-state index in [9.17, 15) is 10.1 Å². The Balaban J connectivity index is 2.18. The van der Waals surface area contributed by atoms with E-state index in [4.69, 9.17) is 9.47 Å². The fraction of sp³-hybridized carbons (Fsp3) is 0.360. The van der Waals surface area contributed by atoms with Gasteiger partial charge in [0.05, 0.1) is 13.2 Å². The fourth-order valence-electron chi connectivity index (χ4n) is 3.07. The number of nitrogens with one attached hydrogen (secondary N) is 1. The van der Waals surface area contributed by atoms with Crippen LogP contribution in [0.15, 0.2) is 48.0 Å². The van der Waals surface area contributed by atoms with Gasteiger partial charge in [0.25, 0.3) is 5.91 Å². The molecule has 1 N–H and O–H groups in total. The lowest BCUT2D eigenvalue weighted by atomic mass is 10.1. The second kappa shape index (κ2) is 12.3. The summed E-state index contributed by atoms with van der Waals surface area (Å²) >= 11 is 0. The molecule has 0 unspecified atom stereocenters. The van der Waals surface area contributed by atoms with Gasteiger partial charge in [-0.15, -0.1) is 0 Å². The first-order chi connectivity index (χ1) is 15.1. The van der Waals surface area contributed by atoms with Gasteiger partial charge in [-0.05, 0) is 75.2 Å². The van der Waals surface area contributed by atoms with E-state index < -0.39 is 5.91 Å². The summed E-state index contributed by atoms with van der Waals surface area (Å²) < 4.78 is 11.4. The van der Waals surface area contributed by atoms with Crippen molar-refractivity contribution in [1.82, 2.24) is 0 Å². The summed E-state index contributed by atoms with van der Waals surface area (Å²) in [7, 11) is 0. The number of rotatable bonds is 11. The number of amides is 1. The van der Waals surface area contributed by atoms with E-state index in [0.717, 1.165) is 25.2 Å². The van der Waals surface area contributed by atoms with Crippen LogP contribution >= 0.6 is 0 Å². The maximum atomic E-state index is 12.6. The summed E-state index contributed by atoms with van der Waals surface area (Å²) in [6.07, 6.45) is 2.44. The number of nitriles is 1. The van der Waals surface area contributed by atoms with Crippen LogP contribution in [0.2, 0.25) is 0 Å². The number of carbonyl (C=O) groups is 1. The van der Waals surface area contributed by atoms with E-state index in [-0.39, 0.29) is 5.57 Å². The van der Waals surface area contributed by atoms with Crippen molar-refractivity contribution < 1.29 is 14.3 Å². The highest BCUT2D eigenvalue weighted by Gasteiger charge is 2.12. The molecule has 0 heterocycles. The second-order valence-corrected chi connectivity index (χ2v) is 6.83. The molecule has 0 aliphatic rings. The highest BCUT2D eigenvalue weighted by molar-refractivity contribution is 6.09. The molecule has 6 nitrogen and oxygen atoms in total. The van der Waals surface area contributed by atoms with E-state index in [0.29, 0.717) is 36.0 Å². The molecule has 0 aliphatic heterocycles. The van der Waals surface area contributed by atoms with Crippen molar-refractivity contribution in [2.24, 2.45) is 0 Å². The summed E-state index contributed by atoms with van der Waals surface area (Å²) in [6.45, 7) is 11.0. The average Bonchev–Trinajstić information content (AvgIpc) is 2.79. The minimum absolute atomic E-state index is 0.0116. The van der Waals surface area contributed by atoms with Gasteiger partial charge in [0.2, 0.25) is 0 Å². The van der Waals surface area contributed by atoms with Gasteiger partial charge in [-0.2, -0.15) is 5.26 Å². The number of hydrogen-bond acceptors (Lipinski definition) is 5. The summed E-state index contributed by atoms with van der Waals surface area (Å²) in [5.41, 5.74) is 2.43. The zero-order valence-electron chi connectivity index (χ0n) is 18.8. The molecule has 2 rings (SSSR count). The molecule has 0 saturated carbocycles. The minimum atomic E-state index is -0.456. The topological polar surface area (TPSA) is 74.6 Å². The van der Waals surface area contributed by atoms with Crippen molar-refractivity contribution in [3.05, 3.63) is 53.6 Å². The Morgan fingerprint density at radius 1 is 1.03 bits per heavy atom. The normalized spacial score (nSPS) is 10.9. The molecule has 0 saturated heterocycles. The Bertz CT molecular complexity index is 926. The smallest absolute Gasteiger partial charge is 0.266 e. The third kappa shape index (κ3) is 6.78. The van der Waals surface area contributed by atoms with E-state index in [1.807, 2.05) is 44.2 Å². The highest BCUT2D eigenvalue weighted by Crippen LogP contribution is 2.29. The monoisotopic (exact) mass is 421 g/mol. The average molecular weight is 422 g/mol. The molecule has 0 bridgehead atoms. The van der Waals surface area contributed by atoms with E-state index in [1.165, 1.54) is 0 Å². The van der Waals surface area contributed by atoms with Gasteiger partial charge in [-0.25, -0.2) is 0 Å². The molecule has 31 heavy (non-hydrogen) atoms. The molecule has 0 atom stereocenters. The first-order valence-electron chi connectivity index (χ1n) is 10.7. The van der Waals surface area contributed by atoms with Gasteiger partial charge < -0.3 is 19.7 Å². The molecule has 1 amide bonds. The fourth-order valence-corrected chi connectivity index (χ4v) is 3.07. The van der Waals surface area contributed by atoms with Crippen LogP contribution in [0.4, 0.5) is 11.4 Å². The van der Waals surface area contributed by atoms with Crippen LogP contribution in [0, 0.1) is 11.3 Å². The zero-order chi connectivity index (χ0) is 22.6. The highest BCUT2D eigenvalue weighted by atomic mass is 16.5. The summed E-state index contributed by atoms with van der Waals surface area (Å²) in [4.78, 5) is 14.8. The van der Waals surface area contributed by atoms with Crippen molar-refractivity contribution in [1.29, 1.82) is 5.26 Å². The molecular weight excluding hydrogens is 390 g/mol. The molecule has 2 aromatic carbocycles. The second-order valence-electron chi connectivity index (χ2n) is 6.83. The van der Waals surface area contributed by atoms with Gasteiger partial charge in [0.15, 0.2) is 11.5 Å². The van der Waals surface area contributed by atoms with Crippen molar-refractivity contribution in [2.75, 3.05) is 36.5 Å². The van der Waals surface area contributed by atoms with Crippen molar-refractivity contribution in [2.45, 2.75) is 34.1 Å². The minimum Gasteiger partial charge on any atom is -0.490 e. The SMILES string of the molecule is CCCOc1ccc(/C=C(/C#N)C(=O)Nc2ccc(N(CC)CC)cc2)cc1OCC. The summed E-state index contributed by atoms with van der Waals surface area (Å²) in [5, 5.41) is 12.3. The van der Waals surface area contributed by atoms with Gasteiger partial charge in [0.1, 0.15) is 11.6 Å². The largest absolute Gasteiger partial charge is 0.490 e. The van der Waals surface area contributed by atoms with Gasteiger partial charge >= 0.3 is 0 Å². The number of nitrogens with zero attached hydrogens (tertiary/aromatic N) is 2. The molecular formula is C25H31N3O3. The molecule has 2 aromatic rings. The Kier molecular flexibility index (Phi) is 9.44. The molecule has 0 spiro atoms. The van der Waals surface area contributed by atoms with Crippen molar-refractivity contribution in [3.8, 4) is 17.6 Å². The first kappa shape index (κ1) is 23.8. The summed E-state index contributed by atoms with van der Waals surface area (Å²) in [5.74, 6) is 0.786. The quantitative estimate of drug-likeness (QED) is 0.395. The van der Waals surface area contributed by atoms with Crippen LogP contribution in [0.1, 0.15) is 39.7 Å². The van der Waals surface area contributed by atoms with E-state index in [2.05, 4.69) is 24.1 Å². The number of anilines is 2. The van der Waals surface area contributed by atoms with Crippen LogP contribution in [0.3, 0.4) is 0 Å². The maximum absolute atomic E-state index is 12.6. The lowest BCUT2D eigenvalue weighted by Crippen LogP contribution is -2.21. The van der Waals surface area contributed by atoms with Crippen molar-refractivity contribution >= 4 is 23.4 Å². The van der Waals surface area contributed by atoms with Crippen molar-refractivity contribution in [3.63, 3.8) is 0 Å². The predicted octanol–water partition coefficient (Wildman–Crippen LogP) is 5.27. The Labute approximate surface area is 185 Å². The van der Waals surface area contributed by atoms with Crippen LogP contribution in [0.5, 0.6) is 11.5 Å². The number of carbonyl (C=O) groups excluding carboxylic acids is 1. The molecule has 0 aromatic heterocycles. The third-order valence-corrected chi connectivity index (χ3v) is 4.66. The predicted molar refractivity (Wildman–Crippen MR) is 126 cm³/mol. The van der Waals surface area contributed by atoms with Crippen LogP contribution in [0.25, 0.3) is 6.08 Å². The Morgan fingerprint density at radius 2 is 1.74 bits per heavy atom. The Morgan fingerprint density at radius 3 is 2.32 bits per heavy atom. The maximum Gasteiger partial charge on any atom is 0.266 e. The number of ether oxygens (including phenoxy) is 2. The van der Waals surface area contributed by atoms with E-state index >= 15 is 0 Å². The lowest BCUT2D eigenvalue weighted by Gasteiger charge is -2.21. The molecule has 6 heteroatoms. The number of benzene rings is 2. The molecule has 0 radical (unpaired) electrons. The molecule has 164 valence electrons. The third-order valence-electron chi connectivity index (χ3n) is 4.66. The van der Waals surface area contributed by atoms with Gasteiger partial charge in [-0.1, -0.05) is 13.0 Å².